The molecule has 2 heterocycles. The van der Waals surface area contributed by atoms with Gasteiger partial charge in [0.1, 0.15) is 11.6 Å². The standard InChI is InChI=1S/C21H20FN5O4S/c1-2-27-18(10-19(28)23-14-5-3-13(22)4-6-14)25-26-21(27)32-11-20(29)24-15-7-8-16-17(9-15)31-12-30-16/h3-9H,2,10-12H2,1H3,(H,23,28)(H,24,29). The van der Waals surface area contributed by atoms with E-state index in [1.807, 2.05) is 6.92 Å². The van der Waals surface area contributed by atoms with Crippen molar-refractivity contribution in [2.75, 3.05) is 23.2 Å². The average Bonchev–Trinajstić information content (AvgIpc) is 3.40. The van der Waals surface area contributed by atoms with Crippen molar-refractivity contribution in [1.29, 1.82) is 0 Å². The van der Waals surface area contributed by atoms with E-state index in [0.717, 1.165) is 0 Å². The van der Waals surface area contributed by atoms with Gasteiger partial charge in [-0.15, -0.1) is 10.2 Å². The van der Waals surface area contributed by atoms with E-state index in [2.05, 4.69) is 20.8 Å². The second-order valence-corrected chi connectivity index (χ2v) is 7.72. The Bertz CT molecular complexity index is 1140. The Morgan fingerprint density at radius 2 is 1.75 bits per heavy atom. The molecule has 0 aliphatic carbocycles. The lowest BCUT2D eigenvalue weighted by atomic mass is 10.3. The number of halogens is 1. The van der Waals surface area contributed by atoms with E-state index in [1.165, 1.54) is 36.0 Å². The van der Waals surface area contributed by atoms with Crippen LogP contribution in [-0.4, -0.2) is 39.1 Å². The highest BCUT2D eigenvalue weighted by Gasteiger charge is 2.17. The molecule has 3 aromatic rings. The number of thioether (sulfide) groups is 1. The number of hydrogen-bond donors (Lipinski definition) is 2. The minimum absolute atomic E-state index is 0.00215. The first-order chi connectivity index (χ1) is 15.5. The maximum atomic E-state index is 13.0. The van der Waals surface area contributed by atoms with Gasteiger partial charge < -0.3 is 24.7 Å². The molecular weight excluding hydrogens is 437 g/mol. The second-order valence-electron chi connectivity index (χ2n) is 6.78. The first kappa shape index (κ1) is 21.6. The fourth-order valence-corrected chi connectivity index (χ4v) is 3.88. The minimum atomic E-state index is -0.377. The molecule has 2 amide bonds. The van der Waals surface area contributed by atoms with Gasteiger partial charge in [0.25, 0.3) is 0 Å². The molecule has 0 bridgehead atoms. The van der Waals surface area contributed by atoms with Gasteiger partial charge in [-0.3, -0.25) is 9.59 Å². The molecule has 2 aromatic carbocycles. The van der Waals surface area contributed by atoms with Crippen molar-refractivity contribution in [3.8, 4) is 11.5 Å². The van der Waals surface area contributed by atoms with Gasteiger partial charge in [-0.2, -0.15) is 0 Å². The SMILES string of the molecule is CCn1c(CC(=O)Nc2ccc(F)cc2)nnc1SCC(=O)Nc1ccc2c(c1)OCO2. The predicted octanol–water partition coefficient (Wildman–Crippen LogP) is 3.08. The van der Waals surface area contributed by atoms with Gasteiger partial charge in [-0.05, 0) is 43.3 Å². The molecule has 11 heteroatoms. The summed E-state index contributed by atoms with van der Waals surface area (Å²) in [6.07, 6.45) is 0.00215. The Morgan fingerprint density at radius 3 is 2.53 bits per heavy atom. The van der Waals surface area contributed by atoms with E-state index in [1.54, 1.807) is 22.8 Å². The number of benzene rings is 2. The third-order valence-corrected chi connectivity index (χ3v) is 5.51. The Kier molecular flexibility index (Phi) is 6.55. The summed E-state index contributed by atoms with van der Waals surface area (Å²) in [5.41, 5.74) is 1.10. The quantitative estimate of drug-likeness (QED) is 0.501. The number of hydrogen-bond acceptors (Lipinski definition) is 7. The van der Waals surface area contributed by atoms with Crippen LogP contribution in [0.2, 0.25) is 0 Å². The number of nitrogens with one attached hydrogen (secondary N) is 2. The number of anilines is 2. The Hall–Kier alpha value is -3.60. The number of carbonyl (C=O) groups is 2. The van der Waals surface area contributed by atoms with E-state index in [4.69, 9.17) is 9.47 Å². The molecule has 9 nitrogen and oxygen atoms in total. The second kappa shape index (κ2) is 9.69. The molecule has 0 saturated heterocycles. The summed E-state index contributed by atoms with van der Waals surface area (Å²) in [6.45, 7) is 2.61. The number of aromatic nitrogens is 3. The zero-order valence-electron chi connectivity index (χ0n) is 17.1. The highest BCUT2D eigenvalue weighted by atomic mass is 32.2. The molecule has 0 unspecified atom stereocenters. The number of carbonyl (C=O) groups excluding carboxylic acids is 2. The Balaban J connectivity index is 1.32. The molecule has 0 fully saturated rings. The maximum Gasteiger partial charge on any atom is 0.234 e. The van der Waals surface area contributed by atoms with Crippen molar-refractivity contribution in [3.63, 3.8) is 0 Å². The van der Waals surface area contributed by atoms with E-state index < -0.39 is 0 Å². The molecule has 1 aliphatic heterocycles. The fraction of sp³-hybridized carbons (Fsp3) is 0.238. The van der Waals surface area contributed by atoms with Gasteiger partial charge in [0.05, 0.1) is 12.2 Å². The summed E-state index contributed by atoms with van der Waals surface area (Å²) in [5.74, 6) is 0.942. The predicted molar refractivity (Wildman–Crippen MR) is 116 cm³/mol. The number of fused-ring (bicyclic) bond motifs is 1. The topological polar surface area (TPSA) is 107 Å². The van der Waals surface area contributed by atoms with Gasteiger partial charge in [-0.1, -0.05) is 11.8 Å². The van der Waals surface area contributed by atoms with Crippen LogP contribution >= 0.6 is 11.8 Å². The summed E-state index contributed by atoms with van der Waals surface area (Å²) < 4.78 is 25.3. The molecule has 1 aromatic heterocycles. The lowest BCUT2D eigenvalue weighted by Crippen LogP contribution is -2.18. The zero-order chi connectivity index (χ0) is 22.5. The van der Waals surface area contributed by atoms with Gasteiger partial charge in [0.2, 0.25) is 18.6 Å². The molecule has 2 N–H and O–H groups in total. The number of ether oxygens (including phenoxy) is 2. The van der Waals surface area contributed by atoms with Crippen LogP contribution in [0.5, 0.6) is 11.5 Å². The normalized spacial score (nSPS) is 11.9. The van der Waals surface area contributed by atoms with E-state index >= 15 is 0 Å². The highest BCUT2D eigenvalue weighted by molar-refractivity contribution is 7.99. The molecular formula is C21H20FN5O4S. The smallest absolute Gasteiger partial charge is 0.234 e. The van der Waals surface area contributed by atoms with Crippen molar-refractivity contribution in [2.24, 2.45) is 0 Å². The average molecular weight is 457 g/mol. The largest absolute Gasteiger partial charge is 0.454 e. The van der Waals surface area contributed by atoms with Crippen molar-refractivity contribution in [3.05, 3.63) is 54.1 Å². The van der Waals surface area contributed by atoms with E-state index in [9.17, 15) is 14.0 Å². The molecule has 4 rings (SSSR count). The van der Waals surface area contributed by atoms with E-state index in [-0.39, 0.29) is 36.6 Å². The minimum Gasteiger partial charge on any atom is -0.454 e. The van der Waals surface area contributed by atoms with Crippen LogP contribution in [0.15, 0.2) is 47.6 Å². The highest BCUT2D eigenvalue weighted by Crippen LogP contribution is 2.34. The summed E-state index contributed by atoms with van der Waals surface area (Å²) in [7, 11) is 0. The first-order valence-corrected chi connectivity index (χ1v) is 10.8. The maximum absolute atomic E-state index is 13.0. The van der Waals surface area contributed by atoms with Crippen molar-refractivity contribution >= 4 is 35.0 Å². The number of nitrogens with zero attached hydrogens (tertiary/aromatic N) is 3. The molecule has 0 saturated carbocycles. The molecule has 1 aliphatic rings. The van der Waals surface area contributed by atoms with Crippen LogP contribution in [0, 0.1) is 5.82 Å². The first-order valence-electron chi connectivity index (χ1n) is 9.81. The summed E-state index contributed by atoms with van der Waals surface area (Å²) >= 11 is 1.23. The monoisotopic (exact) mass is 457 g/mol. The van der Waals surface area contributed by atoms with Crippen molar-refractivity contribution in [2.45, 2.75) is 25.0 Å². The third-order valence-electron chi connectivity index (χ3n) is 4.55. The van der Waals surface area contributed by atoms with Crippen LogP contribution in [0.25, 0.3) is 0 Å². The van der Waals surface area contributed by atoms with Gasteiger partial charge >= 0.3 is 0 Å². The van der Waals surface area contributed by atoms with Crippen LogP contribution < -0.4 is 20.1 Å². The van der Waals surface area contributed by atoms with Crippen LogP contribution in [0.1, 0.15) is 12.7 Å². The lowest BCUT2D eigenvalue weighted by Gasteiger charge is -2.09. The summed E-state index contributed by atoms with van der Waals surface area (Å²) in [6, 6.07) is 10.7. The Labute approximate surface area is 187 Å². The van der Waals surface area contributed by atoms with Gasteiger partial charge in [0, 0.05) is 24.0 Å². The van der Waals surface area contributed by atoms with Crippen LogP contribution in [0.3, 0.4) is 0 Å². The molecule has 0 spiro atoms. The third kappa shape index (κ3) is 5.17. The zero-order valence-corrected chi connectivity index (χ0v) is 17.9. The number of amides is 2. The van der Waals surface area contributed by atoms with Gasteiger partial charge in [0.15, 0.2) is 16.7 Å². The van der Waals surface area contributed by atoms with Crippen molar-refractivity contribution in [1.82, 2.24) is 14.8 Å². The summed E-state index contributed by atoms with van der Waals surface area (Å²) in [4.78, 5) is 24.7. The van der Waals surface area contributed by atoms with Crippen molar-refractivity contribution < 1.29 is 23.5 Å². The molecule has 166 valence electrons. The van der Waals surface area contributed by atoms with E-state index in [0.29, 0.717) is 40.4 Å². The molecule has 0 radical (unpaired) electrons. The number of rotatable bonds is 8. The molecule has 0 atom stereocenters. The molecule has 32 heavy (non-hydrogen) atoms. The Morgan fingerprint density at radius 1 is 1.03 bits per heavy atom. The van der Waals surface area contributed by atoms with Crippen LogP contribution in [-0.2, 0) is 22.6 Å². The fourth-order valence-electron chi connectivity index (χ4n) is 3.06. The van der Waals surface area contributed by atoms with Gasteiger partial charge in [-0.25, -0.2) is 4.39 Å². The van der Waals surface area contributed by atoms with Crippen LogP contribution in [0.4, 0.5) is 15.8 Å². The summed E-state index contributed by atoms with van der Waals surface area (Å²) in [5, 5.41) is 14.3. The lowest BCUT2D eigenvalue weighted by molar-refractivity contribution is -0.116.